The molecule has 0 saturated carbocycles. The molecule has 0 aliphatic carbocycles. The van der Waals surface area contributed by atoms with Crippen LogP contribution < -0.4 is 5.73 Å². The van der Waals surface area contributed by atoms with Crippen LogP contribution in [-0.4, -0.2) is 6.54 Å². The zero-order chi connectivity index (χ0) is 4.99. The summed E-state index contributed by atoms with van der Waals surface area (Å²) < 4.78 is 13.3. The van der Waals surface area contributed by atoms with E-state index in [2.05, 4.69) is 0 Å². The molecule has 0 aromatic rings. The highest BCUT2D eigenvalue weighted by Crippen LogP contribution is 1.57. The maximum atomic E-state index is 6.76. The van der Waals surface area contributed by atoms with Gasteiger partial charge < -0.3 is 5.73 Å². The van der Waals surface area contributed by atoms with Gasteiger partial charge in [0.1, 0.15) is 0 Å². The van der Waals surface area contributed by atoms with E-state index in [1.165, 1.54) is 0 Å². The van der Waals surface area contributed by atoms with E-state index in [0.717, 1.165) is 0 Å². The predicted molar refractivity (Wildman–Crippen MR) is 19.3 cm³/mol. The molecule has 0 radical (unpaired) electrons. The van der Waals surface area contributed by atoms with E-state index in [-0.39, 0.29) is 13.3 Å². The zero-order valence-electron chi connectivity index (χ0n) is 4.57. The third-order valence-corrected chi connectivity index (χ3v) is 0.167. The van der Waals surface area contributed by atoms with Gasteiger partial charge in [0.2, 0.25) is 0 Å². The minimum absolute atomic E-state index is 0.122. The van der Waals surface area contributed by atoms with Crippen LogP contribution in [0.4, 0.5) is 0 Å². The van der Waals surface area contributed by atoms with Crippen molar-refractivity contribution in [2.45, 2.75) is 13.3 Å². The van der Waals surface area contributed by atoms with E-state index in [4.69, 9.17) is 8.48 Å². The highest BCUT2D eigenvalue weighted by Gasteiger charge is 1.55. The highest BCUT2D eigenvalue weighted by molar-refractivity contribution is 4.19. The summed E-state index contributed by atoms with van der Waals surface area (Å²) in [6, 6.07) is 0. The molecule has 0 aliphatic rings. The summed E-state index contributed by atoms with van der Waals surface area (Å²) in [7, 11) is 0. The zero-order valence-corrected chi connectivity index (χ0v) is 2.57. The van der Waals surface area contributed by atoms with Gasteiger partial charge in [-0.25, -0.2) is 0 Å². The predicted octanol–water partition coefficient (Wildman–Crippen LogP) is 0.355. The smallest absolute Gasteiger partial charge is 0.0277 e. The average molecular weight is 61.1 g/mol. The van der Waals surface area contributed by atoms with Crippen molar-refractivity contribution in [1.29, 1.82) is 0 Å². The van der Waals surface area contributed by atoms with Crippen molar-refractivity contribution in [2.75, 3.05) is 6.54 Å². The molecule has 0 aromatic heterocycles. The summed E-state index contributed by atoms with van der Waals surface area (Å²) in [5.74, 6) is 0. The van der Waals surface area contributed by atoms with E-state index in [0.29, 0.717) is 6.54 Å². The van der Waals surface area contributed by atoms with Crippen molar-refractivity contribution in [3.8, 4) is 0 Å². The van der Waals surface area contributed by atoms with Gasteiger partial charge >= 0.3 is 0 Å². The largest absolute Gasteiger partial charge is 0.330 e. The lowest BCUT2D eigenvalue weighted by atomic mass is 10.5. The maximum Gasteiger partial charge on any atom is 0.0277 e. The molecular formula is C3H9N. The summed E-state index contributed by atoms with van der Waals surface area (Å²) in [5, 5.41) is 0. The molecule has 1 unspecified atom stereocenters. The fourth-order valence-electron chi connectivity index (χ4n) is 0. The van der Waals surface area contributed by atoms with Gasteiger partial charge in [0.25, 0.3) is 0 Å². The first-order chi connectivity index (χ1) is 2.81. The van der Waals surface area contributed by atoms with Gasteiger partial charge in [-0.2, -0.15) is 0 Å². The maximum absolute atomic E-state index is 6.76. The fourth-order valence-corrected chi connectivity index (χ4v) is 0. The summed E-state index contributed by atoms with van der Waals surface area (Å²) in [6.45, 7) is 0.431. The monoisotopic (exact) mass is 61.1 g/mol. The van der Waals surface area contributed by atoms with Crippen LogP contribution in [0.1, 0.15) is 16.0 Å². The first kappa shape index (κ1) is 1.41. The van der Waals surface area contributed by atoms with Gasteiger partial charge in [0, 0.05) is 2.74 Å². The lowest BCUT2D eigenvalue weighted by Crippen LogP contribution is -1.93. The summed E-state index contributed by atoms with van der Waals surface area (Å²) in [4.78, 5) is 0. The average Bonchev–Trinajstić information content (AvgIpc) is 1.65. The van der Waals surface area contributed by atoms with Crippen molar-refractivity contribution in [3.05, 3.63) is 0 Å². The number of hydrogen-bond acceptors (Lipinski definition) is 1. The van der Waals surface area contributed by atoms with Crippen LogP contribution in [0.3, 0.4) is 0 Å². The number of rotatable bonds is 1. The molecule has 26 valence electrons. The number of hydrogen-bond donors (Lipinski definition) is 1. The second-order valence-electron chi connectivity index (χ2n) is 0.524. The molecule has 0 amide bonds. The standard InChI is InChI=1S/C3H9N/c1-2-3-4/h2-4H2,1H3/i1D,2D. The van der Waals surface area contributed by atoms with Crippen LogP contribution in [0, 0.1) is 0 Å². The van der Waals surface area contributed by atoms with Crippen LogP contribution in [0.25, 0.3) is 0 Å². The van der Waals surface area contributed by atoms with Crippen molar-refractivity contribution < 1.29 is 2.74 Å². The molecule has 0 saturated heterocycles. The summed E-state index contributed by atoms with van der Waals surface area (Å²) in [5.41, 5.74) is 4.98. The molecule has 0 spiro atoms. The van der Waals surface area contributed by atoms with Gasteiger partial charge in [0.05, 0.1) is 0 Å². The van der Waals surface area contributed by atoms with Gasteiger partial charge in [-0.05, 0) is 12.9 Å². The summed E-state index contributed by atoms with van der Waals surface area (Å²) >= 11 is 0. The Bertz CT molecular complexity index is 28.0. The first-order valence-electron chi connectivity index (χ1n) is 2.51. The van der Waals surface area contributed by atoms with E-state index in [9.17, 15) is 0 Å². The van der Waals surface area contributed by atoms with E-state index in [1.54, 1.807) is 0 Å². The number of nitrogens with two attached hydrogens (primary N) is 1. The molecule has 0 heterocycles. The quantitative estimate of drug-likeness (QED) is 0.465. The Morgan fingerprint density at radius 3 is 3.25 bits per heavy atom. The van der Waals surface area contributed by atoms with Crippen molar-refractivity contribution in [2.24, 2.45) is 5.73 Å². The van der Waals surface area contributed by atoms with Gasteiger partial charge in [-0.1, -0.05) is 6.90 Å². The second kappa shape index (κ2) is 2.96. The Labute approximate surface area is 29.6 Å². The lowest BCUT2D eigenvalue weighted by molar-refractivity contribution is 0.932. The molecule has 0 aromatic carbocycles. The van der Waals surface area contributed by atoms with Crippen LogP contribution in [0.2, 0.25) is 0 Å². The molecule has 0 fully saturated rings. The Hall–Kier alpha value is -0.0400. The minimum Gasteiger partial charge on any atom is -0.330 e. The molecule has 2 N–H and O–H groups in total. The van der Waals surface area contributed by atoms with E-state index < -0.39 is 0 Å². The minimum atomic E-state index is -0.370. The summed E-state index contributed by atoms with van der Waals surface area (Å²) in [6.07, 6.45) is -0.370. The molecule has 4 heavy (non-hydrogen) atoms. The van der Waals surface area contributed by atoms with Gasteiger partial charge in [-0.3, -0.25) is 0 Å². The molecule has 1 atom stereocenters. The lowest BCUT2D eigenvalue weighted by Gasteiger charge is -1.70. The van der Waals surface area contributed by atoms with Crippen LogP contribution in [0.15, 0.2) is 0 Å². The van der Waals surface area contributed by atoms with Gasteiger partial charge in [-0.15, -0.1) is 0 Å². The normalized spacial score (nSPS) is 22.2. The Kier molecular flexibility index (Phi) is 1.04. The Morgan fingerprint density at radius 1 is 2.50 bits per heavy atom. The van der Waals surface area contributed by atoms with Crippen LogP contribution in [0.5, 0.6) is 0 Å². The van der Waals surface area contributed by atoms with Crippen molar-refractivity contribution >= 4 is 0 Å². The fraction of sp³-hybridized carbons (Fsp3) is 1.00. The highest BCUT2D eigenvalue weighted by atomic mass is 14.5. The molecule has 1 nitrogen and oxygen atoms in total. The molecule has 0 bridgehead atoms. The third kappa shape index (κ3) is 1.96. The topological polar surface area (TPSA) is 26.0 Å². The third-order valence-electron chi connectivity index (χ3n) is 0.167. The van der Waals surface area contributed by atoms with E-state index >= 15 is 0 Å². The Morgan fingerprint density at radius 2 is 3.25 bits per heavy atom. The van der Waals surface area contributed by atoms with Crippen LogP contribution in [-0.2, 0) is 0 Å². The molecule has 0 rings (SSSR count). The van der Waals surface area contributed by atoms with Gasteiger partial charge in [0.15, 0.2) is 0 Å². The second-order valence-corrected chi connectivity index (χ2v) is 0.524. The molecule has 0 aliphatic heterocycles. The van der Waals surface area contributed by atoms with Crippen LogP contribution >= 0.6 is 0 Å². The SMILES string of the molecule is [2H]CC([2H])CN. The van der Waals surface area contributed by atoms with Crippen molar-refractivity contribution in [1.82, 2.24) is 0 Å². The Balaban J connectivity index is 2.75. The van der Waals surface area contributed by atoms with E-state index in [1.807, 2.05) is 0 Å². The molecular weight excluding hydrogens is 50.0 g/mol. The molecule has 1 heteroatoms. The first-order valence-corrected chi connectivity index (χ1v) is 1.22. The van der Waals surface area contributed by atoms with Crippen molar-refractivity contribution in [3.63, 3.8) is 0 Å².